The van der Waals surface area contributed by atoms with Crippen molar-refractivity contribution in [3.05, 3.63) is 64.1 Å². The Kier molecular flexibility index (Phi) is 10.8. The van der Waals surface area contributed by atoms with Gasteiger partial charge in [0.2, 0.25) is 0 Å². The molecule has 12 nitrogen and oxygen atoms in total. The highest BCUT2D eigenvalue weighted by molar-refractivity contribution is 7.08. The number of nitrogens with one attached hydrogen (secondary N) is 2. The fraction of sp³-hybridized carbons (Fsp3) is 0.455. The Labute approximate surface area is 273 Å². The molecular weight excluding hydrogens is 608 g/mol. The number of amides is 3. The van der Waals surface area contributed by atoms with Gasteiger partial charge in [0.15, 0.2) is 17.3 Å². The van der Waals surface area contributed by atoms with E-state index in [-0.39, 0.29) is 18.2 Å². The summed E-state index contributed by atoms with van der Waals surface area (Å²) in [4.78, 5) is 49.8. The summed E-state index contributed by atoms with van der Waals surface area (Å²) in [6.45, 7) is 11.8. The number of hydrogen-bond acceptors (Lipinski definition) is 10. The smallest absolute Gasteiger partial charge is 0.412 e. The van der Waals surface area contributed by atoms with Crippen molar-refractivity contribution in [2.45, 2.75) is 39.3 Å². The van der Waals surface area contributed by atoms with Gasteiger partial charge in [-0.05, 0) is 62.5 Å². The van der Waals surface area contributed by atoms with Gasteiger partial charge in [0, 0.05) is 75.6 Å². The zero-order valence-corrected chi connectivity index (χ0v) is 27.7. The van der Waals surface area contributed by atoms with Crippen molar-refractivity contribution in [1.82, 2.24) is 19.7 Å². The Balaban J connectivity index is 1.22. The fourth-order valence-corrected chi connectivity index (χ4v) is 5.85. The minimum atomic E-state index is -0.631. The van der Waals surface area contributed by atoms with Crippen molar-refractivity contribution < 1.29 is 28.6 Å². The number of piperazine rings is 1. The van der Waals surface area contributed by atoms with Crippen LogP contribution in [0.3, 0.4) is 0 Å². The van der Waals surface area contributed by atoms with Crippen LogP contribution < -0.4 is 20.1 Å². The summed E-state index contributed by atoms with van der Waals surface area (Å²) < 4.78 is 16.6. The molecule has 0 atom stereocenters. The van der Waals surface area contributed by atoms with Gasteiger partial charge in [-0.3, -0.25) is 20.0 Å². The van der Waals surface area contributed by atoms with Crippen LogP contribution in [0.5, 0.6) is 11.5 Å². The summed E-state index contributed by atoms with van der Waals surface area (Å²) in [6, 6.07) is 8.64. The Morgan fingerprint density at radius 3 is 2.48 bits per heavy atom. The quantitative estimate of drug-likeness (QED) is 0.293. The van der Waals surface area contributed by atoms with Crippen LogP contribution in [0.15, 0.2) is 47.3 Å². The predicted molar refractivity (Wildman–Crippen MR) is 177 cm³/mol. The van der Waals surface area contributed by atoms with Crippen LogP contribution in [0.4, 0.5) is 21.0 Å². The summed E-state index contributed by atoms with van der Waals surface area (Å²) in [5, 5.41) is 9.34. The van der Waals surface area contributed by atoms with Gasteiger partial charge in [0.25, 0.3) is 0 Å². The van der Waals surface area contributed by atoms with E-state index in [4.69, 9.17) is 14.2 Å². The molecule has 0 unspecified atom stereocenters. The first-order valence-corrected chi connectivity index (χ1v) is 16.4. The largest absolute Gasteiger partial charge is 0.486 e. The lowest BCUT2D eigenvalue weighted by atomic mass is 10.1. The van der Waals surface area contributed by atoms with E-state index in [9.17, 15) is 14.4 Å². The number of anilines is 2. The molecule has 5 rings (SSSR count). The Hall–Kier alpha value is -4.20. The molecule has 0 bridgehead atoms. The normalized spacial score (nSPS) is 15.2. The van der Waals surface area contributed by atoms with Gasteiger partial charge in [-0.1, -0.05) is 6.07 Å². The first-order valence-electron chi connectivity index (χ1n) is 15.4. The van der Waals surface area contributed by atoms with E-state index in [1.807, 2.05) is 11.4 Å². The summed E-state index contributed by atoms with van der Waals surface area (Å²) in [5.74, 6) is 1.08. The van der Waals surface area contributed by atoms with Crippen molar-refractivity contribution in [3.63, 3.8) is 0 Å². The number of Topliss-reactive ketones (excluding diaryl/α,β-unsaturated/α-hetero) is 1. The molecule has 1 fully saturated rings. The first kappa shape index (κ1) is 33.2. The van der Waals surface area contributed by atoms with Gasteiger partial charge in [-0.2, -0.15) is 0 Å². The Morgan fingerprint density at radius 2 is 1.76 bits per heavy atom. The highest BCUT2D eigenvalue weighted by atomic mass is 32.1. The lowest BCUT2D eigenvalue weighted by Crippen LogP contribution is -2.48. The summed E-state index contributed by atoms with van der Waals surface area (Å²) >= 11 is 1.39. The number of ether oxygens (including phenoxy) is 3. The second-order valence-corrected chi connectivity index (χ2v) is 13.2. The first-order chi connectivity index (χ1) is 22.0. The molecule has 0 radical (unpaired) electrons. The standard InChI is InChI=1S/C33H42N6O6S/c1-33(2,3)45-32(42)36-27-22-46-21-24(27)17-28(40)26-7-5-23(19-34-26)20-39(14-13-38-11-9-37(4)10-12-38)31(41)35-25-6-8-29-30(18-25)44-16-15-43-29/h5-8,18-19,21-22H,9-17,20H2,1-4H3,(H,35,41)(H,36,42). The third kappa shape index (κ3) is 9.41. The number of aromatic nitrogens is 1. The van der Waals surface area contributed by atoms with Crippen LogP contribution in [-0.4, -0.2) is 103 Å². The summed E-state index contributed by atoms with van der Waals surface area (Å²) in [6.07, 6.45) is 1.15. The zero-order valence-electron chi connectivity index (χ0n) is 26.8. The van der Waals surface area contributed by atoms with Crippen LogP contribution in [0.1, 0.15) is 42.4 Å². The van der Waals surface area contributed by atoms with Crippen molar-refractivity contribution in [2.24, 2.45) is 0 Å². The number of fused-ring (bicyclic) bond motifs is 1. The molecule has 46 heavy (non-hydrogen) atoms. The highest BCUT2D eigenvalue weighted by Crippen LogP contribution is 2.32. The number of urea groups is 1. The van der Waals surface area contributed by atoms with Gasteiger partial charge >= 0.3 is 12.1 Å². The SMILES string of the molecule is CN1CCN(CCN(Cc2ccc(C(=O)Cc3cscc3NC(=O)OC(C)(C)C)nc2)C(=O)Nc2ccc3c(c2)OCCO3)CC1. The minimum Gasteiger partial charge on any atom is -0.486 e. The molecule has 1 aromatic carbocycles. The topological polar surface area (TPSA) is 126 Å². The average Bonchev–Trinajstić information content (AvgIpc) is 3.45. The maximum absolute atomic E-state index is 13.6. The molecule has 0 spiro atoms. The van der Waals surface area contributed by atoms with Crippen LogP contribution in [0.2, 0.25) is 0 Å². The van der Waals surface area contributed by atoms with E-state index in [2.05, 4.69) is 32.5 Å². The van der Waals surface area contributed by atoms with E-state index in [0.717, 1.165) is 38.3 Å². The molecule has 3 amide bonds. The van der Waals surface area contributed by atoms with Crippen LogP contribution in [-0.2, 0) is 17.7 Å². The third-order valence-corrected chi connectivity index (χ3v) is 8.37. The van der Waals surface area contributed by atoms with Gasteiger partial charge in [0.05, 0.1) is 5.69 Å². The molecule has 1 saturated heterocycles. The van der Waals surface area contributed by atoms with Crippen molar-refractivity contribution in [1.29, 1.82) is 0 Å². The van der Waals surface area contributed by atoms with E-state index >= 15 is 0 Å². The molecule has 2 aliphatic heterocycles. The Bertz CT molecular complexity index is 1510. The van der Waals surface area contributed by atoms with Crippen molar-refractivity contribution >= 4 is 40.6 Å². The molecular formula is C33H42N6O6S. The number of ketones is 1. The zero-order chi connectivity index (χ0) is 32.7. The molecule has 2 aromatic heterocycles. The second-order valence-electron chi connectivity index (χ2n) is 12.4. The molecule has 13 heteroatoms. The van der Waals surface area contributed by atoms with Crippen molar-refractivity contribution in [2.75, 3.05) is 70.2 Å². The number of carbonyl (C=O) groups is 3. The van der Waals surface area contributed by atoms with Crippen LogP contribution >= 0.6 is 11.3 Å². The van der Waals surface area contributed by atoms with Crippen LogP contribution in [0, 0.1) is 0 Å². The molecule has 246 valence electrons. The Morgan fingerprint density at radius 1 is 1.00 bits per heavy atom. The molecule has 2 N–H and O–H groups in total. The van der Waals surface area contributed by atoms with Gasteiger partial charge in [-0.25, -0.2) is 9.59 Å². The monoisotopic (exact) mass is 650 g/mol. The second kappa shape index (κ2) is 14.9. The predicted octanol–water partition coefficient (Wildman–Crippen LogP) is 4.97. The molecule has 0 aliphatic carbocycles. The molecule has 3 aromatic rings. The van der Waals surface area contributed by atoms with Crippen LogP contribution in [0.25, 0.3) is 0 Å². The molecule has 2 aliphatic rings. The van der Waals surface area contributed by atoms with Crippen molar-refractivity contribution in [3.8, 4) is 11.5 Å². The van der Waals surface area contributed by atoms with Gasteiger partial charge in [0.1, 0.15) is 24.5 Å². The lowest BCUT2D eigenvalue weighted by Gasteiger charge is -2.34. The summed E-state index contributed by atoms with van der Waals surface area (Å²) in [7, 11) is 2.12. The number of nitrogens with zero attached hydrogens (tertiary/aromatic N) is 4. The highest BCUT2D eigenvalue weighted by Gasteiger charge is 2.22. The maximum Gasteiger partial charge on any atom is 0.412 e. The van der Waals surface area contributed by atoms with Gasteiger partial charge in [-0.15, -0.1) is 11.3 Å². The third-order valence-electron chi connectivity index (χ3n) is 7.58. The fourth-order valence-electron chi connectivity index (χ4n) is 5.06. The van der Waals surface area contributed by atoms with E-state index in [1.165, 1.54) is 11.3 Å². The lowest BCUT2D eigenvalue weighted by molar-refractivity contribution is 0.0635. The average molecular weight is 651 g/mol. The number of rotatable bonds is 10. The summed E-state index contributed by atoms with van der Waals surface area (Å²) in [5.41, 5.74) is 2.33. The van der Waals surface area contributed by atoms with E-state index in [0.29, 0.717) is 60.4 Å². The number of pyridine rings is 1. The number of thiophene rings is 1. The van der Waals surface area contributed by atoms with E-state index in [1.54, 1.807) is 61.5 Å². The number of likely N-dealkylation sites (N-methyl/N-ethyl adjacent to an activating group) is 1. The number of carbonyl (C=O) groups excluding carboxylic acids is 3. The molecule has 0 saturated carbocycles. The van der Waals surface area contributed by atoms with Gasteiger partial charge < -0.3 is 29.3 Å². The minimum absolute atomic E-state index is 0.0794. The maximum atomic E-state index is 13.6. The molecule has 4 heterocycles. The van der Waals surface area contributed by atoms with E-state index < -0.39 is 11.7 Å². The number of hydrogen-bond donors (Lipinski definition) is 2. The number of benzene rings is 1.